The van der Waals surface area contributed by atoms with Gasteiger partial charge in [0.2, 0.25) is 5.91 Å². The molecular weight excluding hydrogens is 340 g/mol. The predicted octanol–water partition coefficient (Wildman–Crippen LogP) is 2.76. The number of methoxy groups -OCH3 is 2. The van der Waals surface area contributed by atoms with Crippen LogP contribution in [0.4, 0.5) is 0 Å². The Bertz CT molecular complexity index is 621. The van der Waals surface area contributed by atoms with Crippen molar-refractivity contribution in [2.24, 2.45) is 0 Å². The van der Waals surface area contributed by atoms with E-state index in [1.165, 1.54) is 12.8 Å². The van der Waals surface area contributed by atoms with E-state index < -0.39 is 5.41 Å². The average molecular weight is 369 g/mol. The summed E-state index contributed by atoms with van der Waals surface area (Å²) in [5, 5.41) is 3.63. The summed E-state index contributed by atoms with van der Waals surface area (Å²) in [6, 6.07) is 6.77. The van der Waals surface area contributed by atoms with Gasteiger partial charge in [-0.2, -0.15) is 0 Å². The summed E-state index contributed by atoms with van der Waals surface area (Å²) in [6.45, 7) is 5.64. The number of hydrogen-bond acceptors (Lipinski definition) is 4. The first-order chi connectivity index (χ1) is 11.5. The van der Waals surface area contributed by atoms with E-state index in [4.69, 9.17) is 9.47 Å². The highest BCUT2D eigenvalue weighted by Gasteiger charge is 2.38. The molecule has 2 atom stereocenters. The minimum absolute atomic E-state index is 0. The molecule has 0 spiro atoms. The standard InChI is InChI=1S/C19H28N2O3.ClH/c1-19(2,13-5-8-16(23-3)17(11-13)24-4)18(22)21-10-9-14-6-7-15(12-21)20-14;/h5,8,11,14-15,20H,6-7,9-10,12H2,1-4H3;1H. The minimum Gasteiger partial charge on any atom is -0.493 e. The van der Waals surface area contributed by atoms with E-state index in [9.17, 15) is 4.79 Å². The van der Waals surface area contributed by atoms with Gasteiger partial charge in [0.05, 0.1) is 19.6 Å². The van der Waals surface area contributed by atoms with Gasteiger partial charge in [-0.3, -0.25) is 4.79 Å². The summed E-state index contributed by atoms with van der Waals surface area (Å²) in [5.74, 6) is 1.53. The van der Waals surface area contributed by atoms with Gasteiger partial charge in [0, 0.05) is 25.2 Å². The van der Waals surface area contributed by atoms with Crippen molar-refractivity contribution in [3.05, 3.63) is 23.8 Å². The molecule has 2 bridgehead atoms. The van der Waals surface area contributed by atoms with Crippen LogP contribution in [0.2, 0.25) is 0 Å². The van der Waals surface area contributed by atoms with E-state index in [2.05, 4.69) is 5.32 Å². The minimum atomic E-state index is -0.594. The molecule has 25 heavy (non-hydrogen) atoms. The van der Waals surface area contributed by atoms with Gasteiger partial charge < -0.3 is 19.7 Å². The lowest BCUT2D eigenvalue weighted by molar-refractivity contribution is -0.136. The van der Waals surface area contributed by atoms with Crippen molar-refractivity contribution < 1.29 is 14.3 Å². The third kappa shape index (κ3) is 3.87. The van der Waals surface area contributed by atoms with E-state index >= 15 is 0 Å². The molecule has 1 aromatic carbocycles. The number of fused-ring (bicyclic) bond motifs is 2. The first kappa shape index (κ1) is 19.9. The molecule has 2 heterocycles. The molecule has 140 valence electrons. The van der Waals surface area contributed by atoms with E-state index in [1.54, 1.807) is 14.2 Å². The molecule has 2 aliphatic heterocycles. The van der Waals surface area contributed by atoms with Crippen molar-refractivity contribution in [2.75, 3.05) is 27.3 Å². The van der Waals surface area contributed by atoms with Crippen molar-refractivity contribution >= 4 is 18.3 Å². The summed E-state index contributed by atoms with van der Waals surface area (Å²) in [5.41, 5.74) is 0.357. The quantitative estimate of drug-likeness (QED) is 0.887. The molecule has 0 aliphatic carbocycles. The number of carbonyl (C=O) groups excluding carboxylic acids is 1. The number of ether oxygens (including phenoxy) is 2. The molecule has 1 amide bonds. The fourth-order valence-electron chi connectivity index (χ4n) is 3.87. The van der Waals surface area contributed by atoms with Crippen LogP contribution in [0.5, 0.6) is 11.5 Å². The molecule has 6 heteroatoms. The van der Waals surface area contributed by atoms with Crippen LogP contribution in [0.25, 0.3) is 0 Å². The van der Waals surface area contributed by atoms with Gasteiger partial charge in [-0.1, -0.05) is 6.07 Å². The van der Waals surface area contributed by atoms with Crippen LogP contribution in [0.1, 0.15) is 38.7 Å². The third-order valence-electron chi connectivity index (χ3n) is 5.45. The molecule has 3 rings (SSSR count). The predicted molar refractivity (Wildman–Crippen MR) is 101 cm³/mol. The maximum absolute atomic E-state index is 13.2. The number of nitrogens with zero attached hydrogens (tertiary/aromatic N) is 1. The molecule has 1 N–H and O–H groups in total. The van der Waals surface area contributed by atoms with Gasteiger partial charge >= 0.3 is 0 Å². The first-order valence-corrected chi connectivity index (χ1v) is 8.73. The molecule has 0 aromatic heterocycles. The summed E-state index contributed by atoms with van der Waals surface area (Å²) in [6.07, 6.45) is 3.46. The SMILES string of the molecule is COc1ccc(C(C)(C)C(=O)N2CCC3CCC(C2)N3)cc1OC.Cl. The second kappa shape index (κ2) is 7.83. The second-order valence-electron chi connectivity index (χ2n) is 7.37. The highest BCUT2D eigenvalue weighted by atomic mass is 35.5. The molecule has 0 radical (unpaired) electrons. The normalized spacial score (nSPS) is 22.8. The van der Waals surface area contributed by atoms with Gasteiger partial charge in [-0.15, -0.1) is 12.4 Å². The number of rotatable bonds is 4. The summed E-state index contributed by atoms with van der Waals surface area (Å²) in [4.78, 5) is 15.3. The topological polar surface area (TPSA) is 50.8 Å². The summed E-state index contributed by atoms with van der Waals surface area (Å²) < 4.78 is 10.7. The maximum Gasteiger partial charge on any atom is 0.232 e. The van der Waals surface area contributed by atoms with Gasteiger partial charge in [0.25, 0.3) is 0 Å². The van der Waals surface area contributed by atoms with Gasteiger partial charge in [0.1, 0.15) is 0 Å². The maximum atomic E-state index is 13.2. The molecule has 2 aliphatic rings. The van der Waals surface area contributed by atoms with Crippen molar-refractivity contribution in [2.45, 2.75) is 50.6 Å². The Morgan fingerprint density at radius 3 is 2.48 bits per heavy atom. The smallest absolute Gasteiger partial charge is 0.232 e. The van der Waals surface area contributed by atoms with Crippen LogP contribution in [0.15, 0.2) is 18.2 Å². The first-order valence-electron chi connectivity index (χ1n) is 8.73. The fourth-order valence-corrected chi connectivity index (χ4v) is 3.87. The van der Waals surface area contributed by atoms with Crippen molar-refractivity contribution in [1.82, 2.24) is 10.2 Å². The number of likely N-dealkylation sites (tertiary alicyclic amines) is 1. The number of carbonyl (C=O) groups is 1. The summed E-state index contributed by atoms with van der Waals surface area (Å²) in [7, 11) is 3.24. The average Bonchev–Trinajstić information content (AvgIpc) is 2.92. The Kier molecular flexibility index (Phi) is 6.22. The van der Waals surface area contributed by atoms with Crippen LogP contribution in [0, 0.1) is 0 Å². The van der Waals surface area contributed by atoms with Crippen LogP contribution in [-0.2, 0) is 10.2 Å². The van der Waals surface area contributed by atoms with Gasteiger partial charge in [0.15, 0.2) is 11.5 Å². The van der Waals surface area contributed by atoms with Crippen LogP contribution >= 0.6 is 12.4 Å². The zero-order valence-electron chi connectivity index (χ0n) is 15.5. The van der Waals surface area contributed by atoms with E-state index in [1.807, 2.05) is 36.9 Å². The van der Waals surface area contributed by atoms with E-state index in [0.29, 0.717) is 23.6 Å². The van der Waals surface area contributed by atoms with Crippen LogP contribution in [-0.4, -0.2) is 50.2 Å². The van der Waals surface area contributed by atoms with Gasteiger partial charge in [-0.05, 0) is 50.8 Å². The Balaban J connectivity index is 0.00000225. The number of amides is 1. The second-order valence-corrected chi connectivity index (χ2v) is 7.37. The number of benzene rings is 1. The van der Waals surface area contributed by atoms with Crippen molar-refractivity contribution in [1.29, 1.82) is 0 Å². The lowest BCUT2D eigenvalue weighted by Crippen LogP contribution is -2.47. The Labute approximate surface area is 156 Å². The molecule has 2 unspecified atom stereocenters. The Morgan fingerprint density at radius 2 is 1.80 bits per heavy atom. The van der Waals surface area contributed by atoms with Crippen LogP contribution in [0.3, 0.4) is 0 Å². The number of hydrogen-bond donors (Lipinski definition) is 1. The highest BCUT2D eigenvalue weighted by Crippen LogP contribution is 2.35. The third-order valence-corrected chi connectivity index (χ3v) is 5.45. The number of halogens is 1. The lowest BCUT2D eigenvalue weighted by atomic mass is 9.82. The summed E-state index contributed by atoms with van der Waals surface area (Å²) >= 11 is 0. The van der Waals surface area contributed by atoms with E-state index in [-0.39, 0.29) is 18.3 Å². The van der Waals surface area contributed by atoms with Crippen LogP contribution < -0.4 is 14.8 Å². The Hall–Kier alpha value is -1.46. The Morgan fingerprint density at radius 1 is 1.12 bits per heavy atom. The zero-order valence-corrected chi connectivity index (χ0v) is 16.3. The lowest BCUT2D eigenvalue weighted by Gasteiger charge is -2.33. The molecule has 1 aromatic rings. The molecular formula is C19H29ClN2O3. The zero-order chi connectivity index (χ0) is 17.3. The molecule has 0 saturated carbocycles. The highest BCUT2D eigenvalue weighted by molar-refractivity contribution is 5.87. The van der Waals surface area contributed by atoms with E-state index in [0.717, 1.165) is 25.1 Å². The molecule has 5 nitrogen and oxygen atoms in total. The van der Waals surface area contributed by atoms with Gasteiger partial charge in [-0.25, -0.2) is 0 Å². The monoisotopic (exact) mass is 368 g/mol. The fraction of sp³-hybridized carbons (Fsp3) is 0.632. The number of nitrogens with one attached hydrogen (secondary N) is 1. The molecule has 2 saturated heterocycles. The molecule has 2 fully saturated rings. The largest absolute Gasteiger partial charge is 0.493 e. The van der Waals surface area contributed by atoms with Crippen molar-refractivity contribution in [3.63, 3.8) is 0 Å². The van der Waals surface area contributed by atoms with Crippen molar-refractivity contribution in [3.8, 4) is 11.5 Å².